The summed E-state index contributed by atoms with van der Waals surface area (Å²) in [5.41, 5.74) is 4.38. The van der Waals surface area contributed by atoms with Crippen molar-refractivity contribution in [2.75, 3.05) is 0 Å². The van der Waals surface area contributed by atoms with Gasteiger partial charge >= 0.3 is 5.97 Å². The van der Waals surface area contributed by atoms with Crippen LogP contribution >= 0.6 is 0 Å². The van der Waals surface area contributed by atoms with Crippen LogP contribution in [0, 0.1) is 27.7 Å². The first-order valence-corrected chi connectivity index (χ1v) is 6.15. The van der Waals surface area contributed by atoms with Gasteiger partial charge in [-0.2, -0.15) is 0 Å². The zero-order valence-electron chi connectivity index (χ0n) is 11.6. The van der Waals surface area contributed by atoms with E-state index in [1.54, 1.807) is 13.0 Å². The van der Waals surface area contributed by atoms with Crippen LogP contribution in [0.3, 0.4) is 0 Å². The molecule has 19 heavy (non-hydrogen) atoms. The van der Waals surface area contributed by atoms with Gasteiger partial charge in [0, 0.05) is 0 Å². The molecular weight excluding hydrogens is 242 g/mol. The van der Waals surface area contributed by atoms with Crippen LogP contribution in [0.5, 0.6) is 0 Å². The van der Waals surface area contributed by atoms with Gasteiger partial charge in [-0.3, -0.25) is 0 Å². The van der Waals surface area contributed by atoms with E-state index in [2.05, 4.69) is 5.16 Å². The molecule has 0 aliphatic heterocycles. The van der Waals surface area contributed by atoms with Crippen molar-refractivity contribution in [3.8, 4) is 0 Å². The molecule has 100 valence electrons. The highest BCUT2D eigenvalue weighted by Crippen LogP contribution is 2.15. The first-order valence-electron chi connectivity index (χ1n) is 6.15. The lowest BCUT2D eigenvalue weighted by atomic mass is 10.1. The van der Waals surface area contributed by atoms with E-state index in [1.807, 2.05) is 32.9 Å². The van der Waals surface area contributed by atoms with Crippen LogP contribution in [0.15, 0.2) is 22.7 Å². The molecule has 0 unspecified atom stereocenters. The first-order chi connectivity index (χ1) is 8.99. The smallest absolute Gasteiger partial charge is 0.338 e. The fourth-order valence-electron chi connectivity index (χ4n) is 1.80. The number of esters is 1. The molecule has 0 bridgehead atoms. The Labute approximate surface area is 112 Å². The molecule has 0 atom stereocenters. The summed E-state index contributed by atoms with van der Waals surface area (Å²) in [5, 5.41) is 3.83. The summed E-state index contributed by atoms with van der Waals surface area (Å²) in [6.45, 7) is 7.80. The Bertz CT molecular complexity index is 594. The molecule has 1 heterocycles. The van der Waals surface area contributed by atoms with Gasteiger partial charge in [0.1, 0.15) is 12.4 Å². The minimum Gasteiger partial charge on any atom is -0.457 e. The third kappa shape index (κ3) is 2.84. The van der Waals surface area contributed by atoms with Gasteiger partial charge in [0.2, 0.25) is 0 Å². The maximum absolute atomic E-state index is 12.0. The normalized spacial score (nSPS) is 10.5. The van der Waals surface area contributed by atoms with E-state index in [1.165, 1.54) is 0 Å². The Morgan fingerprint density at radius 3 is 2.53 bits per heavy atom. The molecule has 0 saturated carbocycles. The third-order valence-corrected chi connectivity index (χ3v) is 3.27. The van der Waals surface area contributed by atoms with E-state index in [-0.39, 0.29) is 12.6 Å². The average molecular weight is 259 g/mol. The highest BCUT2D eigenvalue weighted by atomic mass is 16.5. The van der Waals surface area contributed by atoms with Crippen molar-refractivity contribution in [1.82, 2.24) is 5.16 Å². The van der Waals surface area contributed by atoms with Gasteiger partial charge < -0.3 is 9.26 Å². The van der Waals surface area contributed by atoms with E-state index in [9.17, 15) is 4.79 Å². The SMILES string of the molecule is Cc1ccc(C(=O)OCc2c(C)noc2C)cc1C. The maximum atomic E-state index is 12.0. The number of carbonyl (C=O) groups excluding carboxylic acids is 1. The first kappa shape index (κ1) is 13.3. The van der Waals surface area contributed by atoms with E-state index >= 15 is 0 Å². The second-order valence-corrected chi connectivity index (χ2v) is 4.68. The van der Waals surface area contributed by atoms with E-state index < -0.39 is 0 Å². The number of rotatable bonds is 3. The van der Waals surface area contributed by atoms with Gasteiger partial charge in [-0.1, -0.05) is 11.2 Å². The molecule has 0 spiro atoms. The Balaban J connectivity index is 2.07. The number of hydrogen-bond donors (Lipinski definition) is 0. The molecule has 4 heteroatoms. The number of nitrogens with zero attached hydrogens (tertiary/aromatic N) is 1. The van der Waals surface area contributed by atoms with Gasteiger partial charge in [-0.25, -0.2) is 4.79 Å². The number of aromatic nitrogens is 1. The minimum absolute atomic E-state index is 0.187. The summed E-state index contributed by atoms with van der Waals surface area (Å²) in [7, 11) is 0. The van der Waals surface area contributed by atoms with Crippen molar-refractivity contribution in [3.05, 3.63) is 51.9 Å². The van der Waals surface area contributed by atoms with Gasteiger partial charge in [0.15, 0.2) is 0 Å². The summed E-state index contributed by atoms with van der Waals surface area (Å²) in [6.07, 6.45) is 0. The monoisotopic (exact) mass is 259 g/mol. The van der Waals surface area contributed by atoms with Crippen molar-refractivity contribution >= 4 is 5.97 Å². The minimum atomic E-state index is -0.330. The molecule has 4 nitrogen and oxygen atoms in total. The van der Waals surface area contributed by atoms with Crippen LogP contribution in [0.25, 0.3) is 0 Å². The maximum Gasteiger partial charge on any atom is 0.338 e. The van der Waals surface area contributed by atoms with E-state index in [4.69, 9.17) is 9.26 Å². The molecule has 0 aliphatic rings. The second-order valence-electron chi connectivity index (χ2n) is 4.68. The van der Waals surface area contributed by atoms with Crippen molar-refractivity contribution < 1.29 is 14.1 Å². The Morgan fingerprint density at radius 1 is 1.21 bits per heavy atom. The zero-order chi connectivity index (χ0) is 14.0. The van der Waals surface area contributed by atoms with Crippen LogP contribution in [-0.4, -0.2) is 11.1 Å². The lowest BCUT2D eigenvalue weighted by Gasteiger charge is -2.06. The van der Waals surface area contributed by atoms with Crippen molar-refractivity contribution in [1.29, 1.82) is 0 Å². The van der Waals surface area contributed by atoms with Crippen LogP contribution in [0.1, 0.15) is 38.5 Å². The predicted molar refractivity (Wildman–Crippen MR) is 71.0 cm³/mol. The summed E-state index contributed by atoms with van der Waals surface area (Å²) in [6, 6.07) is 5.53. The number of benzene rings is 1. The topological polar surface area (TPSA) is 52.3 Å². The molecule has 2 aromatic rings. The summed E-state index contributed by atoms with van der Waals surface area (Å²) in [5.74, 6) is 0.355. The van der Waals surface area contributed by atoms with Crippen LogP contribution < -0.4 is 0 Å². The molecule has 0 radical (unpaired) electrons. The number of hydrogen-bond acceptors (Lipinski definition) is 4. The fraction of sp³-hybridized carbons (Fsp3) is 0.333. The number of aryl methyl sites for hydroxylation is 4. The average Bonchev–Trinajstić information content (AvgIpc) is 2.69. The predicted octanol–water partition coefficient (Wildman–Crippen LogP) is 3.27. The van der Waals surface area contributed by atoms with E-state index in [0.717, 1.165) is 22.4 Å². The van der Waals surface area contributed by atoms with Crippen LogP contribution in [-0.2, 0) is 11.3 Å². The highest BCUT2D eigenvalue weighted by molar-refractivity contribution is 5.89. The Morgan fingerprint density at radius 2 is 1.95 bits per heavy atom. The van der Waals surface area contributed by atoms with Gasteiger partial charge in [0.05, 0.1) is 16.8 Å². The molecule has 2 rings (SSSR count). The lowest BCUT2D eigenvalue weighted by molar-refractivity contribution is 0.0470. The van der Waals surface area contributed by atoms with E-state index in [0.29, 0.717) is 11.3 Å². The number of carbonyl (C=O) groups is 1. The van der Waals surface area contributed by atoms with Crippen LogP contribution in [0.2, 0.25) is 0 Å². The standard InChI is InChI=1S/C15H17NO3/c1-9-5-6-13(7-10(9)2)15(17)18-8-14-11(3)16-19-12(14)4/h5-7H,8H2,1-4H3. The Kier molecular flexibility index (Phi) is 3.69. The van der Waals surface area contributed by atoms with Gasteiger partial charge in [0.25, 0.3) is 0 Å². The summed E-state index contributed by atoms with van der Waals surface area (Å²) in [4.78, 5) is 12.0. The van der Waals surface area contributed by atoms with Gasteiger partial charge in [-0.05, 0) is 51.0 Å². The number of ether oxygens (including phenoxy) is 1. The Hall–Kier alpha value is -2.10. The summed E-state index contributed by atoms with van der Waals surface area (Å²) < 4.78 is 10.3. The molecule has 0 fully saturated rings. The second kappa shape index (κ2) is 5.26. The molecule has 0 saturated heterocycles. The lowest BCUT2D eigenvalue weighted by Crippen LogP contribution is -2.06. The van der Waals surface area contributed by atoms with Crippen molar-refractivity contribution in [2.24, 2.45) is 0 Å². The molecule has 0 aliphatic carbocycles. The largest absolute Gasteiger partial charge is 0.457 e. The molecular formula is C15H17NO3. The fourth-order valence-corrected chi connectivity index (χ4v) is 1.80. The van der Waals surface area contributed by atoms with Crippen molar-refractivity contribution in [3.63, 3.8) is 0 Å². The zero-order valence-corrected chi connectivity index (χ0v) is 11.6. The quantitative estimate of drug-likeness (QED) is 0.794. The molecule has 1 aromatic heterocycles. The molecule has 1 aromatic carbocycles. The van der Waals surface area contributed by atoms with Crippen LogP contribution in [0.4, 0.5) is 0 Å². The van der Waals surface area contributed by atoms with Gasteiger partial charge in [-0.15, -0.1) is 0 Å². The third-order valence-electron chi connectivity index (χ3n) is 3.27. The highest BCUT2D eigenvalue weighted by Gasteiger charge is 2.13. The van der Waals surface area contributed by atoms with Crippen molar-refractivity contribution in [2.45, 2.75) is 34.3 Å². The summed E-state index contributed by atoms with van der Waals surface area (Å²) >= 11 is 0. The molecule has 0 N–H and O–H groups in total. The molecule has 0 amide bonds.